The summed E-state index contributed by atoms with van der Waals surface area (Å²) in [5, 5.41) is 0. The molecule has 0 amide bonds. The Morgan fingerprint density at radius 1 is 1.00 bits per heavy atom. The molecule has 1 unspecified atom stereocenters. The summed E-state index contributed by atoms with van der Waals surface area (Å²) in [7, 11) is 1.73. The van der Waals surface area contributed by atoms with Gasteiger partial charge in [-0.25, -0.2) is 0 Å². The fraction of sp³-hybridized carbons (Fsp3) is 0.333. The van der Waals surface area contributed by atoms with E-state index in [9.17, 15) is 0 Å². The molecule has 4 heteroatoms. The summed E-state index contributed by atoms with van der Waals surface area (Å²) in [5.74, 6) is 0.903. The van der Waals surface area contributed by atoms with Gasteiger partial charge in [0.05, 0.1) is 24.9 Å². The molecule has 2 heterocycles. The number of piperidine rings is 1. The zero-order valence-electron chi connectivity index (χ0n) is 18.4. The number of nitrogens with zero attached hydrogens (tertiary/aromatic N) is 3. The average Bonchev–Trinajstić information content (AvgIpc) is 2.84. The number of pyridine rings is 1. The van der Waals surface area contributed by atoms with Gasteiger partial charge in [-0.2, -0.15) is 0 Å². The second kappa shape index (κ2) is 10.4. The summed E-state index contributed by atoms with van der Waals surface area (Å²) in [6.07, 6.45) is 5.01. The Hall–Kier alpha value is -2.98. The number of likely N-dealkylation sites (tertiary alicyclic amines) is 1. The Morgan fingerprint density at radius 3 is 2.48 bits per heavy atom. The molecule has 4 nitrogen and oxygen atoms in total. The summed E-state index contributed by atoms with van der Waals surface area (Å²) in [6.45, 7) is 4.16. The normalized spacial score (nSPS) is 16.5. The van der Waals surface area contributed by atoms with Crippen LogP contribution in [-0.4, -0.2) is 42.3 Å². The van der Waals surface area contributed by atoms with Crippen molar-refractivity contribution >= 4 is 6.21 Å². The Balaban J connectivity index is 1.48. The van der Waals surface area contributed by atoms with E-state index >= 15 is 0 Å². The molecular formula is C27H31N3O. The van der Waals surface area contributed by atoms with Crippen molar-refractivity contribution in [1.29, 1.82) is 0 Å². The number of hydrogen-bond acceptors (Lipinski definition) is 4. The van der Waals surface area contributed by atoms with Crippen molar-refractivity contribution in [2.24, 2.45) is 4.99 Å². The van der Waals surface area contributed by atoms with E-state index in [1.807, 2.05) is 18.3 Å². The smallest absolute Gasteiger partial charge is 0.119 e. The molecule has 3 aromatic rings. The van der Waals surface area contributed by atoms with Crippen LogP contribution in [0.25, 0.3) is 0 Å². The van der Waals surface area contributed by atoms with Crippen LogP contribution in [-0.2, 0) is 6.42 Å². The molecule has 0 N–H and O–H groups in total. The van der Waals surface area contributed by atoms with Crippen LogP contribution in [0.15, 0.2) is 77.8 Å². The minimum absolute atomic E-state index is 0.226. The third kappa shape index (κ3) is 5.39. The lowest BCUT2D eigenvalue weighted by molar-refractivity contribution is 0.175. The summed E-state index contributed by atoms with van der Waals surface area (Å²) in [5.41, 5.74) is 4.66. The highest BCUT2D eigenvalue weighted by atomic mass is 16.5. The number of rotatable bonds is 7. The van der Waals surface area contributed by atoms with Crippen molar-refractivity contribution in [1.82, 2.24) is 9.88 Å². The van der Waals surface area contributed by atoms with Crippen molar-refractivity contribution in [3.63, 3.8) is 0 Å². The molecule has 1 atom stereocenters. The third-order valence-corrected chi connectivity index (χ3v) is 6.00. The van der Waals surface area contributed by atoms with Gasteiger partial charge in [-0.15, -0.1) is 0 Å². The van der Waals surface area contributed by atoms with E-state index in [4.69, 9.17) is 9.73 Å². The maximum Gasteiger partial charge on any atom is 0.119 e. The topological polar surface area (TPSA) is 37.7 Å². The Kier molecular flexibility index (Phi) is 7.11. The van der Waals surface area contributed by atoms with E-state index in [0.717, 1.165) is 49.5 Å². The van der Waals surface area contributed by atoms with Gasteiger partial charge in [0.2, 0.25) is 0 Å². The predicted molar refractivity (Wildman–Crippen MR) is 127 cm³/mol. The zero-order valence-corrected chi connectivity index (χ0v) is 18.4. The van der Waals surface area contributed by atoms with Gasteiger partial charge in [-0.05, 0) is 54.7 Å². The van der Waals surface area contributed by atoms with Crippen LogP contribution in [0.1, 0.15) is 48.3 Å². The second-order valence-corrected chi connectivity index (χ2v) is 8.04. The number of benzene rings is 2. The summed E-state index contributed by atoms with van der Waals surface area (Å²) >= 11 is 0. The first-order chi connectivity index (χ1) is 15.3. The van der Waals surface area contributed by atoms with Gasteiger partial charge in [0.25, 0.3) is 0 Å². The average molecular weight is 414 g/mol. The van der Waals surface area contributed by atoms with E-state index in [1.165, 1.54) is 11.1 Å². The predicted octanol–water partition coefficient (Wildman–Crippen LogP) is 5.33. The lowest BCUT2D eigenvalue weighted by Crippen LogP contribution is -2.38. The summed E-state index contributed by atoms with van der Waals surface area (Å²) < 4.78 is 5.49. The Bertz CT molecular complexity index is 994. The molecule has 1 aromatic heterocycles. The van der Waals surface area contributed by atoms with Gasteiger partial charge in [-0.3, -0.25) is 14.9 Å². The lowest BCUT2D eigenvalue weighted by Gasteiger charge is -2.37. The van der Waals surface area contributed by atoms with Crippen LogP contribution in [0, 0.1) is 0 Å². The summed E-state index contributed by atoms with van der Waals surface area (Å²) in [4.78, 5) is 12.1. The van der Waals surface area contributed by atoms with Crippen LogP contribution in [0.5, 0.6) is 5.75 Å². The minimum Gasteiger partial charge on any atom is -0.497 e. The third-order valence-electron chi connectivity index (χ3n) is 6.00. The van der Waals surface area contributed by atoms with Gasteiger partial charge in [0, 0.05) is 25.0 Å². The van der Waals surface area contributed by atoms with Crippen molar-refractivity contribution in [2.45, 2.75) is 38.3 Å². The molecule has 1 fully saturated rings. The second-order valence-electron chi connectivity index (χ2n) is 8.04. The highest BCUT2D eigenvalue weighted by Gasteiger charge is 2.27. The number of ether oxygens (including phenoxy) is 1. The van der Waals surface area contributed by atoms with Crippen LogP contribution in [0.3, 0.4) is 0 Å². The molecule has 31 heavy (non-hydrogen) atoms. The highest BCUT2D eigenvalue weighted by Crippen LogP contribution is 2.33. The van der Waals surface area contributed by atoms with Crippen molar-refractivity contribution in [3.8, 4) is 5.75 Å². The van der Waals surface area contributed by atoms with E-state index in [1.54, 1.807) is 7.11 Å². The van der Waals surface area contributed by atoms with Gasteiger partial charge in [0.1, 0.15) is 5.75 Å². The molecule has 0 radical (unpaired) electrons. The minimum atomic E-state index is 0.226. The number of methoxy groups -OCH3 is 1. The molecule has 4 rings (SSSR count). The fourth-order valence-corrected chi connectivity index (χ4v) is 4.30. The monoisotopic (exact) mass is 413 g/mol. The van der Waals surface area contributed by atoms with Gasteiger partial charge in [0.15, 0.2) is 0 Å². The molecule has 1 saturated heterocycles. The molecule has 1 aliphatic rings. The SMILES string of the molecule is CCc1cccc(C=NC2CCN(C(c3ccccc3)c3cccc(OC)c3)CC2)n1. The first-order valence-corrected chi connectivity index (χ1v) is 11.2. The van der Waals surface area contributed by atoms with Crippen molar-refractivity contribution in [3.05, 3.63) is 95.3 Å². The molecule has 2 aromatic carbocycles. The number of aliphatic imine (C=N–C) groups is 1. The molecule has 0 spiro atoms. The van der Waals surface area contributed by atoms with Crippen LogP contribution < -0.4 is 4.74 Å². The highest BCUT2D eigenvalue weighted by molar-refractivity contribution is 5.77. The molecule has 160 valence electrons. The first kappa shape index (κ1) is 21.3. The van der Waals surface area contributed by atoms with Crippen LogP contribution >= 0.6 is 0 Å². The van der Waals surface area contributed by atoms with Crippen LogP contribution in [0.2, 0.25) is 0 Å². The van der Waals surface area contributed by atoms with Gasteiger partial charge >= 0.3 is 0 Å². The standard InChI is InChI=1S/C27H31N3O/c1-3-23-12-8-13-25(29-23)20-28-24-15-17-30(18-16-24)27(21-9-5-4-6-10-21)22-11-7-14-26(19-22)31-2/h4-14,19-20,24,27H,3,15-18H2,1-2H3. The first-order valence-electron chi connectivity index (χ1n) is 11.2. The number of hydrogen-bond donors (Lipinski definition) is 0. The lowest BCUT2D eigenvalue weighted by atomic mass is 9.94. The molecule has 0 aliphatic carbocycles. The van der Waals surface area contributed by atoms with Gasteiger partial charge < -0.3 is 4.74 Å². The maximum atomic E-state index is 5.49. The van der Waals surface area contributed by atoms with E-state index in [0.29, 0.717) is 6.04 Å². The van der Waals surface area contributed by atoms with Crippen molar-refractivity contribution < 1.29 is 4.74 Å². The molecule has 0 saturated carbocycles. The van der Waals surface area contributed by atoms with E-state index in [2.05, 4.69) is 77.5 Å². The Morgan fingerprint density at radius 2 is 1.74 bits per heavy atom. The fourth-order valence-electron chi connectivity index (χ4n) is 4.30. The van der Waals surface area contributed by atoms with Crippen molar-refractivity contribution in [2.75, 3.05) is 20.2 Å². The number of aryl methyl sites for hydroxylation is 1. The largest absolute Gasteiger partial charge is 0.497 e. The zero-order chi connectivity index (χ0) is 21.5. The summed E-state index contributed by atoms with van der Waals surface area (Å²) in [6, 6.07) is 26.0. The molecule has 1 aliphatic heterocycles. The number of aromatic nitrogens is 1. The molecular weight excluding hydrogens is 382 g/mol. The van der Waals surface area contributed by atoms with Gasteiger partial charge in [-0.1, -0.05) is 55.5 Å². The maximum absolute atomic E-state index is 5.49. The van der Waals surface area contributed by atoms with Crippen LogP contribution in [0.4, 0.5) is 0 Å². The molecule has 0 bridgehead atoms. The van der Waals surface area contributed by atoms with E-state index < -0.39 is 0 Å². The van der Waals surface area contributed by atoms with E-state index in [-0.39, 0.29) is 6.04 Å². The Labute approximate surface area is 185 Å². The quantitative estimate of drug-likeness (QED) is 0.492.